The zero-order valence-electron chi connectivity index (χ0n) is 8.33. The summed E-state index contributed by atoms with van der Waals surface area (Å²) in [6.45, 7) is 0. The van der Waals surface area contributed by atoms with Crippen LogP contribution in [0.1, 0.15) is 11.4 Å². The van der Waals surface area contributed by atoms with Crippen molar-refractivity contribution in [2.24, 2.45) is 12.8 Å². The topological polar surface area (TPSA) is 69.6 Å². The molecular formula is C10H11N5. The van der Waals surface area contributed by atoms with Gasteiger partial charge in [-0.05, 0) is 16.0 Å². The number of rotatable bonds is 2. The van der Waals surface area contributed by atoms with E-state index in [1.165, 1.54) is 0 Å². The minimum atomic E-state index is 0.636. The van der Waals surface area contributed by atoms with Gasteiger partial charge in [-0.25, -0.2) is 4.68 Å². The molecule has 76 valence electrons. The predicted octanol–water partition coefficient (Wildman–Crippen LogP) is 0.667. The number of hydrogen-bond acceptors (Lipinski definition) is 4. The van der Waals surface area contributed by atoms with E-state index in [4.69, 9.17) is 5.73 Å². The molecule has 5 heteroatoms. The van der Waals surface area contributed by atoms with Gasteiger partial charge < -0.3 is 5.73 Å². The first kappa shape index (κ1) is 9.39. The van der Waals surface area contributed by atoms with Crippen molar-refractivity contribution in [3.05, 3.63) is 41.7 Å². The second-order valence-corrected chi connectivity index (χ2v) is 3.13. The van der Waals surface area contributed by atoms with Gasteiger partial charge in [0.15, 0.2) is 5.82 Å². The molecule has 0 aliphatic rings. The highest BCUT2D eigenvalue weighted by Crippen LogP contribution is 2.10. The average molecular weight is 201 g/mol. The molecule has 0 bridgehead atoms. The number of aryl methyl sites for hydroxylation is 1. The van der Waals surface area contributed by atoms with Gasteiger partial charge >= 0.3 is 0 Å². The van der Waals surface area contributed by atoms with Gasteiger partial charge in [0.2, 0.25) is 0 Å². The van der Waals surface area contributed by atoms with Crippen molar-refractivity contribution in [2.75, 3.05) is 0 Å². The largest absolute Gasteiger partial charge is 0.398 e. The highest BCUT2D eigenvalue weighted by atomic mass is 15.5. The van der Waals surface area contributed by atoms with Crippen LogP contribution in [0.15, 0.2) is 30.3 Å². The maximum absolute atomic E-state index is 5.91. The monoisotopic (exact) mass is 201 g/mol. The summed E-state index contributed by atoms with van der Waals surface area (Å²) in [4.78, 5) is 0. The molecule has 0 fully saturated rings. The molecule has 0 unspecified atom stereocenters. The Bertz CT molecular complexity index is 472. The normalized spacial score (nSPS) is 11.7. The van der Waals surface area contributed by atoms with Crippen molar-refractivity contribution in [1.82, 2.24) is 20.2 Å². The summed E-state index contributed by atoms with van der Waals surface area (Å²) >= 11 is 0. The lowest BCUT2D eigenvalue weighted by Gasteiger charge is -1.99. The number of nitrogens with two attached hydrogens (primary N) is 1. The Kier molecular flexibility index (Phi) is 2.45. The molecule has 0 aliphatic heterocycles. The average Bonchev–Trinajstić information content (AvgIpc) is 2.66. The maximum atomic E-state index is 5.91. The molecule has 0 spiro atoms. The standard InChI is InChI=1S/C10H11N5/c1-15-10(12-13-14-15)7-9(11)8-5-3-2-4-6-8/h2-7H,11H2,1H3/b9-7+. The number of hydrogen-bond donors (Lipinski definition) is 1. The molecule has 0 saturated heterocycles. The first-order valence-electron chi connectivity index (χ1n) is 4.52. The Morgan fingerprint density at radius 1 is 1.33 bits per heavy atom. The van der Waals surface area contributed by atoms with Crippen LogP contribution < -0.4 is 5.73 Å². The second-order valence-electron chi connectivity index (χ2n) is 3.13. The molecule has 1 heterocycles. The van der Waals surface area contributed by atoms with Crippen LogP contribution in [-0.4, -0.2) is 20.2 Å². The van der Waals surface area contributed by atoms with E-state index < -0.39 is 0 Å². The third-order valence-electron chi connectivity index (χ3n) is 2.04. The number of nitrogens with zero attached hydrogens (tertiary/aromatic N) is 4. The van der Waals surface area contributed by atoms with E-state index in [1.807, 2.05) is 30.3 Å². The third-order valence-corrected chi connectivity index (χ3v) is 2.04. The van der Waals surface area contributed by atoms with Gasteiger partial charge in [-0.15, -0.1) is 5.10 Å². The molecule has 2 rings (SSSR count). The van der Waals surface area contributed by atoms with Gasteiger partial charge in [0.25, 0.3) is 0 Å². The molecule has 0 aliphatic carbocycles. The SMILES string of the molecule is Cn1nnnc1/C=C(/N)c1ccccc1. The molecule has 1 aromatic heterocycles. The van der Waals surface area contributed by atoms with Gasteiger partial charge in [-0.2, -0.15) is 0 Å². The van der Waals surface area contributed by atoms with Gasteiger partial charge in [-0.3, -0.25) is 0 Å². The van der Waals surface area contributed by atoms with Gasteiger partial charge in [0.1, 0.15) is 0 Å². The van der Waals surface area contributed by atoms with Crippen LogP contribution in [0.2, 0.25) is 0 Å². The Morgan fingerprint density at radius 3 is 2.67 bits per heavy atom. The van der Waals surface area contributed by atoms with Crippen molar-refractivity contribution in [3.8, 4) is 0 Å². The zero-order chi connectivity index (χ0) is 10.7. The Labute approximate surface area is 87.2 Å². The molecule has 0 radical (unpaired) electrons. The van der Waals surface area contributed by atoms with E-state index in [0.29, 0.717) is 11.5 Å². The number of benzene rings is 1. The number of aromatic nitrogens is 4. The van der Waals surface area contributed by atoms with E-state index in [0.717, 1.165) is 5.56 Å². The van der Waals surface area contributed by atoms with Crippen LogP contribution in [0.5, 0.6) is 0 Å². The number of tetrazole rings is 1. The van der Waals surface area contributed by atoms with Crippen LogP contribution >= 0.6 is 0 Å². The van der Waals surface area contributed by atoms with Crippen LogP contribution in [0, 0.1) is 0 Å². The highest BCUT2D eigenvalue weighted by molar-refractivity contribution is 5.77. The van der Waals surface area contributed by atoms with Crippen molar-refractivity contribution >= 4 is 11.8 Å². The molecule has 5 nitrogen and oxygen atoms in total. The van der Waals surface area contributed by atoms with E-state index in [-0.39, 0.29) is 0 Å². The lowest BCUT2D eigenvalue weighted by molar-refractivity contribution is 0.706. The van der Waals surface area contributed by atoms with Crippen LogP contribution in [-0.2, 0) is 7.05 Å². The van der Waals surface area contributed by atoms with Gasteiger partial charge in [0.05, 0.1) is 0 Å². The minimum absolute atomic E-state index is 0.636. The molecule has 2 N–H and O–H groups in total. The summed E-state index contributed by atoms with van der Waals surface area (Å²) in [6, 6.07) is 9.70. The summed E-state index contributed by atoms with van der Waals surface area (Å²) in [7, 11) is 1.77. The van der Waals surface area contributed by atoms with Crippen molar-refractivity contribution in [3.63, 3.8) is 0 Å². The third kappa shape index (κ3) is 2.01. The molecule has 0 saturated carbocycles. The van der Waals surface area contributed by atoms with E-state index >= 15 is 0 Å². The molecule has 15 heavy (non-hydrogen) atoms. The predicted molar refractivity (Wildman–Crippen MR) is 57.3 cm³/mol. The van der Waals surface area contributed by atoms with E-state index in [1.54, 1.807) is 17.8 Å². The zero-order valence-corrected chi connectivity index (χ0v) is 8.33. The summed E-state index contributed by atoms with van der Waals surface area (Å²) in [5.41, 5.74) is 7.51. The minimum Gasteiger partial charge on any atom is -0.398 e. The Hall–Kier alpha value is -2.17. The lowest BCUT2D eigenvalue weighted by Crippen LogP contribution is -1.99. The van der Waals surface area contributed by atoms with Gasteiger partial charge in [-0.1, -0.05) is 30.3 Å². The molecule has 0 amide bonds. The van der Waals surface area contributed by atoms with Crippen LogP contribution in [0.3, 0.4) is 0 Å². The van der Waals surface area contributed by atoms with Crippen molar-refractivity contribution in [1.29, 1.82) is 0 Å². The second kappa shape index (κ2) is 3.91. The summed E-state index contributed by atoms with van der Waals surface area (Å²) in [6.07, 6.45) is 1.75. The molecule has 1 aromatic carbocycles. The Morgan fingerprint density at radius 2 is 2.07 bits per heavy atom. The smallest absolute Gasteiger partial charge is 0.176 e. The van der Waals surface area contributed by atoms with E-state index in [9.17, 15) is 0 Å². The van der Waals surface area contributed by atoms with Crippen molar-refractivity contribution in [2.45, 2.75) is 0 Å². The van der Waals surface area contributed by atoms with Gasteiger partial charge in [0, 0.05) is 18.8 Å². The first-order chi connectivity index (χ1) is 7.27. The fourth-order valence-electron chi connectivity index (χ4n) is 1.21. The maximum Gasteiger partial charge on any atom is 0.176 e. The van der Waals surface area contributed by atoms with E-state index in [2.05, 4.69) is 15.5 Å². The lowest BCUT2D eigenvalue weighted by atomic mass is 10.1. The summed E-state index contributed by atoms with van der Waals surface area (Å²) in [5, 5.41) is 11.1. The van der Waals surface area contributed by atoms with Crippen molar-refractivity contribution < 1.29 is 0 Å². The summed E-state index contributed by atoms with van der Waals surface area (Å²) in [5.74, 6) is 0.636. The quantitative estimate of drug-likeness (QED) is 0.775. The summed E-state index contributed by atoms with van der Waals surface area (Å²) < 4.78 is 1.57. The highest BCUT2D eigenvalue weighted by Gasteiger charge is 2.00. The molecular weight excluding hydrogens is 190 g/mol. The Balaban J connectivity index is 2.33. The first-order valence-corrected chi connectivity index (χ1v) is 4.52. The molecule has 2 aromatic rings. The van der Waals surface area contributed by atoms with Crippen LogP contribution in [0.25, 0.3) is 11.8 Å². The van der Waals surface area contributed by atoms with Crippen LogP contribution in [0.4, 0.5) is 0 Å². The fourth-order valence-corrected chi connectivity index (χ4v) is 1.21. The molecule has 0 atom stereocenters. The fraction of sp³-hybridized carbons (Fsp3) is 0.100.